The third kappa shape index (κ3) is 2.98. The van der Waals surface area contributed by atoms with Gasteiger partial charge in [0.25, 0.3) is 0 Å². The normalized spacial score (nSPS) is 9.74. The smallest absolute Gasteiger partial charge is 0.151 e. The van der Waals surface area contributed by atoms with Gasteiger partial charge in [-0.25, -0.2) is 4.39 Å². The van der Waals surface area contributed by atoms with Crippen LogP contribution in [0, 0.1) is 17.1 Å². The average Bonchev–Trinajstić information content (AvgIpc) is 2.42. The minimum atomic E-state index is -0.506. The van der Waals surface area contributed by atoms with Crippen LogP contribution in [0.15, 0.2) is 40.9 Å². The summed E-state index contributed by atoms with van der Waals surface area (Å²) in [7, 11) is 0. The van der Waals surface area contributed by atoms with Gasteiger partial charge >= 0.3 is 0 Å². The van der Waals surface area contributed by atoms with Crippen LogP contribution < -0.4 is 4.74 Å². The van der Waals surface area contributed by atoms with Crippen molar-refractivity contribution in [1.29, 1.82) is 5.26 Å². The highest BCUT2D eigenvalue weighted by Gasteiger charge is 2.08. The van der Waals surface area contributed by atoms with Crippen LogP contribution in [0.5, 0.6) is 11.5 Å². The van der Waals surface area contributed by atoms with Crippen molar-refractivity contribution >= 4 is 22.2 Å². The van der Waals surface area contributed by atoms with Crippen LogP contribution in [-0.2, 0) is 0 Å². The zero-order valence-corrected chi connectivity index (χ0v) is 11.1. The highest BCUT2D eigenvalue weighted by atomic mass is 79.9. The Bertz CT molecular complexity index is 680. The number of ether oxygens (including phenoxy) is 1. The molecular formula is C14H7BrFNO2. The SMILES string of the molecule is N#Cc1cc(F)ccc1Oc1ccc(Br)c(C=O)c1. The molecule has 19 heavy (non-hydrogen) atoms. The molecule has 0 atom stereocenters. The van der Waals surface area contributed by atoms with Crippen LogP contribution in [0.1, 0.15) is 15.9 Å². The molecule has 2 aromatic carbocycles. The maximum atomic E-state index is 13.0. The van der Waals surface area contributed by atoms with E-state index in [9.17, 15) is 9.18 Å². The number of carbonyl (C=O) groups excluding carboxylic acids is 1. The van der Waals surface area contributed by atoms with E-state index in [1.807, 2.05) is 6.07 Å². The number of benzene rings is 2. The molecule has 0 aliphatic heterocycles. The first-order chi connectivity index (χ1) is 9.13. The van der Waals surface area contributed by atoms with E-state index >= 15 is 0 Å². The quantitative estimate of drug-likeness (QED) is 0.801. The van der Waals surface area contributed by atoms with E-state index in [-0.39, 0.29) is 11.3 Å². The van der Waals surface area contributed by atoms with Gasteiger partial charge in [-0.3, -0.25) is 4.79 Å². The Hall–Kier alpha value is -2.19. The van der Waals surface area contributed by atoms with Crippen molar-refractivity contribution in [2.24, 2.45) is 0 Å². The van der Waals surface area contributed by atoms with Crippen LogP contribution in [-0.4, -0.2) is 6.29 Å². The van der Waals surface area contributed by atoms with E-state index in [0.717, 1.165) is 6.07 Å². The maximum Gasteiger partial charge on any atom is 0.151 e. The number of halogens is 2. The molecule has 0 radical (unpaired) electrons. The molecule has 0 heterocycles. The van der Waals surface area contributed by atoms with Gasteiger partial charge in [-0.1, -0.05) is 15.9 Å². The van der Waals surface area contributed by atoms with Crippen molar-refractivity contribution in [3.63, 3.8) is 0 Å². The topological polar surface area (TPSA) is 50.1 Å². The highest BCUT2D eigenvalue weighted by molar-refractivity contribution is 9.10. The molecule has 0 saturated heterocycles. The molecule has 0 aliphatic rings. The molecule has 0 saturated carbocycles. The van der Waals surface area contributed by atoms with Crippen molar-refractivity contribution in [3.05, 3.63) is 57.8 Å². The lowest BCUT2D eigenvalue weighted by Crippen LogP contribution is -1.91. The molecule has 0 bridgehead atoms. The Morgan fingerprint density at radius 3 is 2.74 bits per heavy atom. The van der Waals surface area contributed by atoms with Crippen molar-refractivity contribution in [1.82, 2.24) is 0 Å². The zero-order chi connectivity index (χ0) is 13.8. The fraction of sp³-hybridized carbons (Fsp3) is 0. The second-order valence-electron chi connectivity index (χ2n) is 3.66. The molecule has 2 rings (SSSR count). The summed E-state index contributed by atoms with van der Waals surface area (Å²) in [4.78, 5) is 10.8. The minimum Gasteiger partial charge on any atom is -0.456 e. The molecule has 0 amide bonds. The minimum absolute atomic E-state index is 0.0931. The lowest BCUT2D eigenvalue weighted by atomic mass is 10.2. The molecule has 0 fully saturated rings. The summed E-state index contributed by atoms with van der Waals surface area (Å²) in [5.74, 6) is 0.129. The molecule has 0 N–H and O–H groups in total. The largest absolute Gasteiger partial charge is 0.456 e. The van der Waals surface area contributed by atoms with Crippen molar-refractivity contribution in [2.45, 2.75) is 0 Å². The van der Waals surface area contributed by atoms with E-state index in [1.165, 1.54) is 18.2 Å². The van der Waals surface area contributed by atoms with Gasteiger partial charge in [-0.05, 0) is 36.4 Å². The van der Waals surface area contributed by atoms with E-state index in [2.05, 4.69) is 15.9 Å². The summed E-state index contributed by atoms with van der Waals surface area (Å²) >= 11 is 3.22. The first kappa shape index (κ1) is 13.2. The van der Waals surface area contributed by atoms with Gasteiger partial charge in [0, 0.05) is 10.0 Å². The summed E-state index contributed by atoms with van der Waals surface area (Å²) in [6.45, 7) is 0. The van der Waals surface area contributed by atoms with Crippen molar-refractivity contribution < 1.29 is 13.9 Å². The lowest BCUT2D eigenvalue weighted by molar-refractivity contribution is 0.112. The molecule has 5 heteroatoms. The molecule has 0 aromatic heterocycles. The third-order valence-electron chi connectivity index (χ3n) is 2.38. The monoisotopic (exact) mass is 319 g/mol. The van der Waals surface area contributed by atoms with Crippen LogP contribution in [0.3, 0.4) is 0 Å². The van der Waals surface area contributed by atoms with Crippen LogP contribution in [0.25, 0.3) is 0 Å². The van der Waals surface area contributed by atoms with E-state index < -0.39 is 5.82 Å². The Morgan fingerprint density at radius 2 is 2.05 bits per heavy atom. The van der Waals surface area contributed by atoms with Gasteiger partial charge in [-0.15, -0.1) is 0 Å². The number of rotatable bonds is 3. The summed E-state index contributed by atoms with van der Waals surface area (Å²) in [5, 5.41) is 8.91. The molecular weight excluding hydrogens is 313 g/mol. The molecule has 0 aliphatic carbocycles. The summed E-state index contributed by atoms with van der Waals surface area (Å²) in [6, 6.07) is 10.4. The number of hydrogen-bond donors (Lipinski definition) is 0. The van der Waals surface area contributed by atoms with Gasteiger partial charge in [0.1, 0.15) is 23.4 Å². The Balaban J connectivity index is 2.36. The predicted octanol–water partition coefficient (Wildman–Crippen LogP) is 4.06. The number of hydrogen-bond acceptors (Lipinski definition) is 3. The van der Waals surface area contributed by atoms with Gasteiger partial charge in [0.2, 0.25) is 0 Å². The number of nitrogens with zero attached hydrogens (tertiary/aromatic N) is 1. The van der Waals surface area contributed by atoms with E-state index in [4.69, 9.17) is 10.00 Å². The molecule has 3 nitrogen and oxygen atoms in total. The number of carbonyl (C=O) groups is 1. The predicted molar refractivity (Wildman–Crippen MR) is 70.7 cm³/mol. The molecule has 0 spiro atoms. The second-order valence-corrected chi connectivity index (χ2v) is 4.51. The van der Waals surface area contributed by atoms with Crippen LogP contribution in [0.4, 0.5) is 4.39 Å². The van der Waals surface area contributed by atoms with Gasteiger partial charge in [-0.2, -0.15) is 5.26 Å². The number of aldehydes is 1. The second kappa shape index (κ2) is 5.63. The summed E-state index contributed by atoms with van der Waals surface area (Å²) in [6.07, 6.45) is 0.687. The maximum absolute atomic E-state index is 13.0. The fourth-order valence-corrected chi connectivity index (χ4v) is 1.82. The Labute approximate surface area is 117 Å². The Morgan fingerprint density at radius 1 is 1.26 bits per heavy atom. The van der Waals surface area contributed by atoms with Crippen molar-refractivity contribution in [3.8, 4) is 17.6 Å². The zero-order valence-electron chi connectivity index (χ0n) is 9.56. The summed E-state index contributed by atoms with van der Waals surface area (Å²) in [5.41, 5.74) is 0.522. The fourth-order valence-electron chi connectivity index (χ4n) is 1.48. The highest BCUT2D eigenvalue weighted by Crippen LogP contribution is 2.28. The van der Waals surface area contributed by atoms with Crippen LogP contribution >= 0.6 is 15.9 Å². The lowest BCUT2D eigenvalue weighted by Gasteiger charge is -2.08. The van der Waals surface area contributed by atoms with Gasteiger partial charge in [0.15, 0.2) is 6.29 Å². The Kier molecular flexibility index (Phi) is 3.93. The van der Waals surface area contributed by atoms with Crippen LogP contribution in [0.2, 0.25) is 0 Å². The first-order valence-electron chi connectivity index (χ1n) is 5.26. The standard InChI is InChI=1S/C14H7BrFNO2/c15-13-3-2-12(6-10(13)8-18)19-14-4-1-11(16)5-9(14)7-17/h1-6,8H. The molecule has 0 unspecified atom stereocenters. The third-order valence-corrected chi connectivity index (χ3v) is 3.11. The first-order valence-corrected chi connectivity index (χ1v) is 6.05. The van der Waals surface area contributed by atoms with Gasteiger partial charge in [0.05, 0.1) is 5.56 Å². The average molecular weight is 320 g/mol. The molecule has 94 valence electrons. The molecule has 2 aromatic rings. The van der Waals surface area contributed by atoms with E-state index in [1.54, 1.807) is 12.1 Å². The van der Waals surface area contributed by atoms with Gasteiger partial charge < -0.3 is 4.74 Å². The number of nitriles is 1. The van der Waals surface area contributed by atoms with E-state index in [0.29, 0.717) is 22.1 Å². The summed E-state index contributed by atoms with van der Waals surface area (Å²) < 4.78 is 19.1. The van der Waals surface area contributed by atoms with Crippen molar-refractivity contribution in [2.75, 3.05) is 0 Å².